The predicted octanol–water partition coefficient (Wildman–Crippen LogP) is 3.74. The average molecular weight is 444 g/mol. The zero-order valence-electron chi connectivity index (χ0n) is 19.0. The molecule has 1 heterocycles. The number of aromatic nitrogens is 2. The van der Waals surface area contributed by atoms with E-state index in [1.165, 1.54) is 0 Å². The highest BCUT2D eigenvalue weighted by molar-refractivity contribution is 7.89. The van der Waals surface area contributed by atoms with Crippen LogP contribution in [0.3, 0.4) is 0 Å². The first-order valence-corrected chi connectivity index (χ1v) is 11.4. The first kappa shape index (κ1) is 22.8. The molecule has 0 aliphatic heterocycles. The van der Waals surface area contributed by atoms with Crippen molar-refractivity contribution in [3.05, 3.63) is 70.3 Å². The zero-order chi connectivity index (χ0) is 22.9. The molecule has 166 valence electrons. The van der Waals surface area contributed by atoms with E-state index in [2.05, 4.69) is 9.71 Å². The Morgan fingerprint density at radius 3 is 1.94 bits per heavy atom. The molecule has 7 nitrogen and oxygen atoms in total. The van der Waals surface area contributed by atoms with Crippen LogP contribution in [-0.4, -0.2) is 32.2 Å². The third kappa shape index (κ3) is 4.45. The molecule has 0 aliphatic rings. The maximum atomic E-state index is 13.7. The van der Waals surface area contributed by atoms with Gasteiger partial charge in [-0.1, -0.05) is 6.07 Å². The summed E-state index contributed by atoms with van der Waals surface area (Å²) in [5.41, 5.74) is 3.99. The molecule has 0 amide bonds. The van der Waals surface area contributed by atoms with Crippen molar-refractivity contribution in [3.63, 3.8) is 0 Å². The van der Waals surface area contributed by atoms with E-state index in [0.717, 1.165) is 22.3 Å². The maximum Gasteiger partial charge on any atom is 0.242 e. The number of hydrogen-bond donors (Lipinski definition) is 1. The molecule has 1 atom stereocenters. The number of benzene rings is 2. The van der Waals surface area contributed by atoms with Crippen LogP contribution in [0, 0.1) is 27.7 Å². The molecule has 1 N–H and O–H groups in total. The second-order valence-electron chi connectivity index (χ2n) is 7.69. The summed E-state index contributed by atoms with van der Waals surface area (Å²) in [6.07, 6.45) is 3.42. The maximum absolute atomic E-state index is 13.7. The minimum absolute atomic E-state index is 0.305. The van der Waals surface area contributed by atoms with Crippen molar-refractivity contribution in [2.24, 2.45) is 7.05 Å². The van der Waals surface area contributed by atoms with E-state index < -0.39 is 16.1 Å². The number of imidazole rings is 1. The summed E-state index contributed by atoms with van der Waals surface area (Å²) in [4.78, 5) is 4.72. The van der Waals surface area contributed by atoms with Crippen LogP contribution in [0.15, 0.2) is 41.6 Å². The van der Waals surface area contributed by atoms with Gasteiger partial charge in [0.15, 0.2) is 0 Å². The Balaban J connectivity index is 2.19. The number of methoxy groups -OCH3 is 2. The van der Waals surface area contributed by atoms with Crippen LogP contribution in [-0.2, 0) is 17.1 Å². The van der Waals surface area contributed by atoms with Gasteiger partial charge in [0.1, 0.15) is 23.4 Å². The van der Waals surface area contributed by atoms with Crippen LogP contribution in [0.5, 0.6) is 11.5 Å². The molecule has 0 saturated heterocycles. The SMILES string of the molecule is COc1cc(OC)cc(C(NS(=O)(=O)c2c(C)c(C)cc(C)c2C)c2nccn2C)c1. The Labute approximate surface area is 184 Å². The molecule has 0 bridgehead atoms. The molecule has 3 rings (SSSR count). The van der Waals surface area contributed by atoms with Crippen LogP contribution in [0.1, 0.15) is 39.7 Å². The normalized spacial score (nSPS) is 12.6. The van der Waals surface area contributed by atoms with Gasteiger partial charge in [-0.15, -0.1) is 0 Å². The molecule has 0 saturated carbocycles. The molecule has 3 aromatic rings. The minimum atomic E-state index is -3.88. The van der Waals surface area contributed by atoms with Crippen LogP contribution in [0.4, 0.5) is 0 Å². The van der Waals surface area contributed by atoms with Crippen molar-refractivity contribution in [1.82, 2.24) is 14.3 Å². The lowest BCUT2D eigenvalue weighted by molar-refractivity contribution is 0.392. The largest absolute Gasteiger partial charge is 0.497 e. The van der Waals surface area contributed by atoms with Crippen molar-refractivity contribution in [2.75, 3.05) is 14.2 Å². The zero-order valence-corrected chi connectivity index (χ0v) is 19.8. The summed E-state index contributed by atoms with van der Waals surface area (Å²) in [7, 11) is 1.06. The first-order valence-electron chi connectivity index (χ1n) is 9.89. The summed E-state index contributed by atoms with van der Waals surface area (Å²) < 4.78 is 42.8. The lowest BCUT2D eigenvalue weighted by Crippen LogP contribution is -2.32. The molecule has 1 unspecified atom stereocenters. The monoisotopic (exact) mass is 443 g/mol. The van der Waals surface area contributed by atoms with Crippen molar-refractivity contribution >= 4 is 10.0 Å². The Morgan fingerprint density at radius 2 is 1.48 bits per heavy atom. The van der Waals surface area contributed by atoms with Gasteiger partial charge in [-0.05, 0) is 67.6 Å². The van der Waals surface area contributed by atoms with Gasteiger partial charge in [-0.25, -0.2) is 13.4 Å². The molecule has 0 fully saturated rings. The van der Waals surface area contributed by atoms with Gasteiger partial charge < -0.3 is 14.0 Å². The number of nitrogens with one attached hydrogen (secondary N) is 1. The molecule has 0 radical (unpaired) electrons. The lowest BCUT2D eigenvalue weighted by Gasteiger charge is -2.23. The van der Waals surface area contributed by atoms with Gasteiger partial charge in [0.2, 0.25) is 10.0 Å². The smallest absolute Gasteiger partial charge is 0.242 e. The van der Waals surface area contributed by atoms with Gasteiger partial charge in [0.25, 0.3) is 0 Å². The highest BCUT2D eigenvalue weighted by Gasteiger charge is 2.29. The molecular formula is C23H29N3O4S. The molecule has 0 spiro atoms. The highest BCUT2D eigenvalue weighted by atomic mass is 32.2. The van der Waals surface area contributed by atoms with Gasteiger partial charge in [-0.3, -0.25) is 0 Å². The van der Waals surface area contributed by atoms with Crippen LogP contribution in [0.2, 0.25) is 0 Å². The summed E-state index contributed by atoms with van der Waals surface area (Å²) in [6, 6.07) is 6.57. The van der Waals surface area contributed by atoms with Crippen molar-refractivity contribution in [2.45, 2.75) is 38.6 Å². The number of ether oxygens (including phenoxy) is 2. The van der Waals surface area contributed by atoms with Gasteiger partial charge in [0, 0.05) is 25.5 Å². The van der Waals surface area contributed by atoms with Crippen LogP contribution < -0.4 is 14.2 Å². The number of nitrogens with zero attached hydrogens (tertiary/aromatic N) is 2. The third-order valence-electron chi connectivity index (χ3n) is 5.66. The predicted molar refractivity (Wildman–Crippen MR) is 120 cm³/mol. The number of hydrogen-bond acceptors (Lipinski definition) is 5. The van der Waals surface area contributed by atoms with E-state index >= 15 is 0 Å². The summed E-state index contributed by atoms with van der Waals surface area (Å²) in [6.45, 7) is 7.51. The van der Waals surface area contributed by atoms with Gasteiger partial charge in [-0.2, -0.15) is 4.72 Å². The molecule has 2 aromatic carbocycles. The fraction of sp³-hybridized carbons (Fsp3) is 0.348. The molecule has 1 aromatic heterocycles. The summed E-state index contributed by atoms with van der Waals surface area (Å²) >= 11 is 0. The molecule has 0 aliphatic carbocycles. The highest BCUT2D eigenvalue weighted by Crippen LogP contribution is 2.32. The second kappa shape index (κ2) is 8.72. The minimum Gasteiger partial charge on any atom is -0.497 e. The van der Waals surface area contributed by atoms with E-state index in [4.69, 9.17) is 9.47 Å². The third-order valence-corrected chi connectivity index (χ3v) is 7.36. The van der Waals surface area contributed by atoms with Crippen molar-refractivity contribution in [3.8, 4) is 11.5 Å². The van der Waals surface area contributed by atoms with E-state index in [1.807, 2.05) is 40.8 Å². The second-order valence-corrected chi connectivity index (χ2v) is 9.34. The lowest BCUT2D eigenvalue weighted by atomic mass is 10.0. The Kier molecular flexibility index (Phi) is 6.43. The van der Waals surface area contributed by atoms with Gasteiger partial charge in [0.05, 0.1) is 19.1 Å². The summed E-state index contributed by atoms with van der Waals surface area (Å²) in [5.74, 6) is 1.68. The van der Waals surface area contributed by atoms with Gasteiger partial charge >= 0.3 is 0 Å². The van der Waals surface area contributed by atoms with E-state index in [1.54, 1.807) is 49.4 Å². The van der Waals surface area contributed by atoms with E-state index in [9.17, 15) is 8.42 Å². The molecule has 31 heavy (non-hydrogen) atoms. The quantitative estimate of drug-likeness (QED) is 0.602. The number of rotatable bonds is 7. The van der Waals surface area contributed by atoms with Crippen LogP contribution >= 0.6 is 0 Å². The van der Waals surface area contributed by atoms with E-state index in [-0.39, 0.29) is 0 Å². The standard InChI is InChI=1S/C23H29N3O4S/c1-14-10-15(2)17(4)22(16(14)3)31(27,28)25-21(23-24-8-9-26(23)5)18-11-19(29-6)13-20(12-18)30-7/h8-13,21,25H,1-7H3. The molecule has 8 heteroatoms. The Morgan fingerprint density at radius 1 is 0.935 bits per heavy atom. The Hall–Kier alpha value is -2.84. The number of aryl methyl sites for hydroxylation is 3. The van der Waals surface area contributed by atoms with Crippen molar-refractivity contribution in [1.29, 1.82) is 0 Å². The Bertz CT molecular complexity index is 1170. The van der Waals surface area contributed by atoms with Crippen molar-refractivity contribution < 1.29 is 17.9 Å². The first-order chi connectivity index (χ1) is 14.6. The summed E-state index contributed by atoms with van der Waals surface area (Å²) in [5, 5.41) is 0. The van der Waals surface area contributed by atoms with Crippen LogP contribution in [0.25, 0.3) is 0 Å². The topological polar surface area (TPSA) is 82.4 Å². The number of sulfonamides is 1. The fourth-order valence-electron chi connectivity index (χ4n) is 3.72. The molecular weight excluding hydrogens is 414 g/mol. The van der Waals surface area contributed by atoms with E-state index in [0.29, 0.717) is 27.8 Å². The fourth-order valence-corrected chi connectivity index (χ4v) is 5.52. The average Bonchev–Trinajstić information content (AvgIpc) is 3.15.